The molecule has 2 aliphatic rings. The van der Waals surface area contributed by atoms with E-state index in [2.05, 4.69) is 0 Å². The average Bonchev–Trinajstić information content (AvgIpc) is 3.21. The summed E-state index contributed by atoms with van der Waals surface area (Å²) < 4.78 is 10.1. The Morgan fingerprint density at radius 3 is 2.36 bits per heavy atom. The number of benzene rings is 1. The fourth-order valence-electron chi connectivity index (χ4n) is 4.30. The van der Waals surface area contributed by atoms with Crippen molar-refractivity contribution in [2.45, 2.75) is 38.0 Å². The molecule has 0 amide bonds. The summed E-state index contributed by atoms with van der Waals surface area (Å²) in [5.74, 6) is -0.646. The minimum Gasteiger partial charge on any atom is -0.469 e. The van der Waals surface area contributed by atoms with Crippen LogP contribution in [0.15, 0.2) is 24.3 Å². The van der Waals surface area contributed by atoms with E-state index < -0.39 is 5.41 Å². The van der Waals surface area contributed by atoms with Crippen molar-refractivity contribution >= 4 is 11.9 Å². The number of rotatable bonds is 3. The summed E-state index contributed by atoms with van der Waals surface area (Å²) >= 11 is 0. The average molecular weight is 302 g/mol. The molecule has 22 heavy (non-hydrogen) atoms. The van der Waals surface area contributed by atoms with Crippen molar-refractivity contribution in [3.63, 3.8) is 0 Å². The van der Waals surface area contributed by atoms with Crippen LogP contribution in [-0.4, -0.2) is 26.2 Å². The van der Waals surface area contributed by atoms with Crippen molar-refractivity contribution in [1.82, 2.24) is 0 Å². The van der Waals surface area contributed by atoms with Gasteiger partial charge in [0.1, 0.15) is 0 Å². The van der Waals surface area contributed by atoms with Gasteiger partial charge in [-0.2, -0.15) is 0 Å². The maximum Gasteiger partial charge on any atom is 0.316 e. The molecule has 4 nitrogen and oxygen atoms in total. The van der Waals surface area contributed by atoms with E-state index in [1.807, 2.05) is 31.2 Å². The van der Waals surface area contributed by atoms with E-state index in [0.29, 0.717) is 12.8 Å². The minimum absolute atomic E-state index is 0.0798. The summed E-state index contributed by atoms with van der Waals surface area (Å²) in [6.07, 6.45) is 3.13. The molecule has 4 heteroatoms. The molecule has 1 aromatic rings. The van der Waals surface area contributed by atoms with E-state index in [0.717, 1.165) is 24.0 Å². The summed E-state index contributed by atoms with van der Waals surface area (Å²) in [6.45, 7) is 2.01. The zero-order valence-corrected chi connectivity index (χ0v) is 13.3. The number of carbonyl (C=O) groups excluding carboxylic acids is 2. The molecule has 0 aliphatic heterocycles. The van der Waals surface area contributed by atoms with Crippen molar-refractivity contribution in [1.29, 1.82) is 0 Å². The van der Waals surface area contributed by atoms with Crippen LogP contribution in [0.4, 0.5) is 0 Å². The lowest BCUT2D eigenvalue weighted by Crippen LogP contribution is -2.36. The molecule has 0 aromatic heterocycles. The molecule has 2 fully saturated rings. The predicted octanol–water partition coefficient (Wildman–Crippen LogP) is 2.77. The largest absolute Gasteiger partial charge is 0.469 e. The van der Waals surface area contributed by atoms with Crippen LogP contribution in [0.5, 0.6) is 0 Å². The van der Waals surface area contributed by atoms with E-state index in [4.69, 9.17) is 9.47 Å². The van der Waals surface area contributed by atoms with Gasteiger partial charge in [0.05, 0.1) is 25.6 Å². The van der Waals surface area contributed by atoms with Crippen molar-refractivity contribution in [3.05, 3.63) is 35.4 Å². The Bertz CT molecular complexity index is 617. The van der Waals surface area contributed by atoms with Gasteiger partial charge >= 0.3 is 11.9 Å². The number of ether oxygens (including phenoxy) is 2. The molecule has 3 rings (SSSR count). The second kappa shape index (κ2) is 5.11. The predicted molar refractivity (Wildman–Crippen MR) is 81.3 cm³/mol. The fraction of sp³-hybridized carbons (Fsp3) is 0.556. The fourth-order valence-corrected chi connectivity index (χ4v) is 4.30. The minimum atomic E-state index is -0.727. The van der Waals surface area contributed by atoms with Gasteiger partial charge in [0.15, 0.2) is 0 Å². The first kappa shape index (κ1) is 15.1. The molecule has 0 saturated heterocycles. The number of esters is 2. The van der Waals surface area contributed by atoms with Gasteiger partial charge in [0.25, 0.3) is 0 Å². The van der Waals surface area contributed by atoms with Crippen LogP contribution in [-0.2, 0) is 24.5 Å². The highest BCUT2D eigenvalue weighted by Gasteiger charge is 2.66. The third kappa shape index (κ3) is 2.04. The molecule has 2 saturated carbocycles. The zero-order chi connectivity index (χ0) is 16.0. The third-order valence-electron chi connectivity index (χ3n) is 5.56. The van der Waals surface area contributed by atoms with Gasteiger partial charge in [0.2, 0.25) is 0 Å². The van der Waals surface area contributed by atoms with Crippen LogP contribution in [0.25, 0.3) is 0 Å². The second-order valence-corrected chi connectivity index (χ2v) is 6.71. The normalized spacial score (nSPS) is 28.4. The van der Waals surface area contributed by atoms with Crippen molar-refractivity contribution < 1.29 is 19.1 Å². The van der Waals surface area contributed by atoms with Gasteiger partial charge in [-0.25, -0.2) is 0 Å². The number of carbonyl (C=O) groups is 2. The molecular weight excluding hydrogens is 280 g/mol. The molecule has 1 aromatic carbocycles. The van der Waals surface area contributed by atoms with E-state index in [1.54, 1.807) is 0 Å². The molecule has 2 aliphatic carbocycles. The highest BCUT2D eigenvalue weighted by atomic mass is 16.5. The maximum atomic E-state index is 12.7. The van der Waals surface area contributed by atoms with Gasteiger partial charge in [0, 0.05) is 0 Å². The van der Waals surface area contributed by atoms with Gasteiger partial charge in [-0.1, -0.05) is 24.3 Å². The summed E-state index contributed by atoms with van der Waals surface area (Å²) in [7, 11) is 2.84. The second-order valence-electron chi connectivity index (χ2n) is 6.71. The first-order valence-electron chi connectivity index (χ1n) is 7.71. The lowest BCUT2D eigenvalue weighted by atomic mass is 9.75. The molecule has 2 atom stereocenters. The van der Waals surface area contributed by atoms with Crippen LogP contribution < -0.4 is 0 Å². The van der Waals surface area contributed by atoms with Crippen LogP contribution in [0, 0.1) is 18.3 Å². The monoisotopic (exact) mass is 302 g/mol. The van der Waals surface area contributed by atoms with Crippen molar-refractivity contribution in [3.8, 4) is 0 Å². The van der Waals surface area contributed by atoms with E-state index >= 15 is 0 Å². The van der Waals surface area contributed by atoms with E-state index in [1.165, 1.54) is 14.2 Å². The third-order valence-corrected chi connectivity index (χ3v) is 5.56. The van der Waals surface area contributed by atoms with Crippen molar-refractivity contribution in [2.24, 2.45) is 11.3 Å². The van der Waals surface area contributed by atoms with Crippen LogP contribution in [0.1, 0.15) is 36.8 Å². The Labute approximate surface area is 130 Å². The Kier molecular flexibility index (Phi) is 3.50. The van der Waals surface area contributed by atoms with Gasteiger partial charge in [-0.3, -0.25) is 9.59 Å². The SMILES string of the molecule is COC(=O)[C@H]1C[C@@](C(=O)OC)(c2ccccc2C)CC12CC2. The van der Waals surface area contributed by atoms with Crippen LogP contribution in [0.3, 0.4) is 0 Å². The quantitative estimate of drug-likeness (QED) is 0.806. The van der Waals surface area contributed by atoms with Crippen molar-refractivity contribution in [2.75, 3.05) is 14.2 Å². The van der Waals surface area contributed by atoms with Crippen LogP contribution in [0.2, 0.25) is 0 Å². The summed E-state index contributed by atoms with van der Waals surface area (Å²) in [5, 5.41) is 0. The summed E-state index contributed by atoms with van der Waals surface area (Å²) in [4.78, 5) is 24.9. The van der Waals surface area contributed by atoms with Gasteiger partial charge in [-0.15, -0.1) is 0 Å². The standard InChI is InChI=1S/C18H22O4/c1-12-6-4-5-7-13(12)18(16(20)22-3)10-14(15(19)21-2)17(11-18)8-9-17/h4-7,14H,8-11H2,1-3H3/t14-,18+/m1/s1. The smallest absolute Gasteiger partial charge is 0.316 e. The Hall–Kier alpha value is -1.84. The number of hydrogen-bond donors (Lipinski definition) is 0. The Morgan fingerprint density at radius 1 is 1.14 bits per heavy atom. The molecule has 0 N–H and O–H groups in total. The first-order valence-corrected chi connectivity index (χ1v) is 7.71. The summed E-state index contributed by atoms with van der Waals surface area (Å²) in [5.41, 5.74) is 1.24. The molecule has 1 spiro atoms. The maximum absolute atomic E-state index is 12.7. The molecule has 0 unspecified atom stereocenters. The first-order chi connectivity index (χ1) is 10.5. The molecule has 0 bridgehead atoms. The lowest BCUT2D eigenvalue weighted by molar-refractivity contribution is -0.148. The zero-order valence-electron chi connectivity index (χ0n) is 13.3. The Morgan fingerprint density at radius 2 is 1.82 bits per heavy atom. The number of aryl methyl sites for hydroxylation is 1. The molecular formula is C18H22O4. The highest BCUT2D eigenvalue weighted by Crippen LogP contribution is 2.67. The van der Waals surface area contributed by atoms with E-state index in [9.17, 15) is 9.59 Å². The number of hydrogen-bond acceptors (Lipinski definition) is 4. The van der Waals surface area contributed by atoms with Gasteiger partial charge < -0.3 is 9.47 Å². The van der Waals surface area contributed by atoms with Gasteiger partial charge in [-0.05, 0) is 49.1 Å². The highest BCUT2D eigenvalue weighted by molar-refractivity contribution is 5.87. The molecule has 0 radical (unpaired) electrons. The topological polar surface area (TPSA) is 52.6 Å². The van der Waals surface area contributed by atoms with E-state index in [-0.39, 0.29) is 23.3 Å². The van der Waals surface area contributed by atoms with Crippen LogP contribution >= 0.6 is 0 Å². The molecule has 118 valence electrons. The Balaban J connectivity index is 2.08. The number of methoxy groups -OCH3 is 2. The summed E-state index contributed by atoms with van der Waals surface area (Å²) in [6, 6.07) is 7.90. The molecule has 0 heterocycles. The lowest BCUT2D eigenvalue weighted by Gasteiger charge is -2.28.